The van der Waals surface area contributed by atoms with Crippen LogP contribution >= 0.6 is 14.7 Å². The molecule has 0 spiro atoms. The molecule has 0 radical (unpaired) electrons. The van der Waals surface area contributed by atoms with E-state index in [1.807, 2.05) is 24.3 Å². The van der Waals surface area contributed by atoms with Gasteiger partial charge in [0.25, 0.3) is 0 Å². The lowest BCUT2D eigenvalue weighted by Crippen LogP contribution is -2.48. The molecule has 0 fully saturated rings. The minimum Gasteiger partial charge on any atom is -0.396 e. The third kappa shape index (κ3) is 18.7. The first-order chi connectivity index (χ1) is 24.8. The van der Waals surface area contributed by atoms with E-state index in [1.165, 1.54) is 44.9 Å². The van der Waals surface area contributed by atoms with Crippen LogP contribution < -0.4 is 0 Å². The number of aromatic nitrogens is 2. The number of unbranched alkanes of at least 4 members (excludes halogenated alkanes) is 11. The summed E-state index contributed by atoms with van der Waals surface area (Å²) in [6.45, 7) is 21.1. The summed E-state index contributed by atoms with van der Waals surface area (Å²) in [6.07, 6.45) is 29.1. The van der Waals surface area contributed by atoms with E-state index in [0.29, 0.717) is 19.3 Å². The summed E-state index contributed by atoms with van der Waals surface area (Å²) >= 11 is 0. The van der Waals surface area contributed by atoms with Crippen LogP contribution in [0.2, 0.25) is 58.9 Å². The lowest BCUT2D eigenvalue weighted by molar-refractivity contribution is 0.175. The van der Waals surface area contributed by atoms with Crippen molar-refractivity contribution in [2.45, 2.75) is 174 Å². The van der Waals surface area contributed by atoms with Crippen LogP contribution in [-0.2, 0) is 34.8 Å². The summed E-state index contributed by atoms with van der Waals surface area (Å²) in [7, 11) is -15.0. The van der Waals surface area contributed by atoms with Crippen LogP contribution in [0.4, 0.5) is 0 Å². The lowest BCUT2D eigenvalue weighted by atomic mass is 10.1. The Balaban J connectivity index is 2.44. The van der Waals surface area contributed by atoms with Gasteiger partial charge in [-0.15, -0.1) is 0 Å². The molecule has 0 aromatic carbocycles. The highest BCUT2D eigenvalue weighted by molar-refractivity contribution is 7.79. The zero-order valence-electron chi connectivity index (χ0n) is 35.3. The number of hydrogen-bond acceptors (Lipinski definition) is 7. The van der Waals surface area contributed by atoms with Crippen LogP contribution in [-0.4, -0.2) is 52.3 Å². The van der Waals surface area contributed by atoms with E-state index in [0.717, 1.165) is 49.7 Å². The first kappa shape index (κ1) is 48.2. The smallest absolute Gasteiger partial charge is 0.233 e. The summed E-state index contributed by atoms with van der Waals surface area (Å²) in [5, 5.41) is -1.54. The van der Waals surface area contributed by atoms with Gasteiger partial charge in [0.2, 0.25) is 19.8 Å². The Kier molecular flexibility index (Phi) is 21.2. The molecular formula is C41H76N2O5P2Si3. The summed E-state index contributed by atoms with van der Waals surface area (Å²) in [5.74, 6) is 0. The Morgan fingerprint density at radius 1 is 0.566 bits per heavy atom. The molecule has 302 valence electrons. The molecule has 0 saturated heterocycles. The van der Waals surface area contributed by atoms with Gasteiger partial charge in [-0.25, -0.2) is 0 Å². The first-order valence-electron chi connectivity index (χ1n) is 20.6. The summed E-state index contributed by atoms with van der Waals surface area (Å²) in [4.78, 5) is 8.41. The quantitative estimate of drug-likeness (QED) is 0.0349. The second-order valence-electron chi connectivity index (χ2n) is 17.7. The Morgan fingerprint density at radius 3 is 1.32 bits per heavy atom. The molecule has 0 aliphatic rings. The van der Waals surface area contributed by atoms with Gasteiger partial charge >= 0.3 is 0 Å². The van der Waals surface area contributed by atoms with Gasteiger partial charge in [-0.3, -0.25) is 19.1 Å². The molecule has 2 atom stereocenters. The van der Waals surface area contributed by atoms with E-state index < -0.39 is 44.8 Å². The molecule has 0 bridgehead atoms. The highest BCUT2D eigenvalue weighted by Gasteiger charge is 2.65. The van der Waals surface area contributed by atoms with Crippen LogP contribution in [0.1, 0.15) is 108 Å². The molecule has 12 heteroatoms. The molecule has 0 saturated carbocycles. The third-order valence-electron chi connectivity index (χ3n) is 9.03. The normalized spacial score (nSPS) is 16.3. The van der Waals surface area contributed by atoms with Crippen molar-refractivity contribution < 1.29 is 22.0 Å². The van der Waals surface area contributed by atoms with E-state index in [9.17, 15) is 0 Å². The molecule has 53 heavy (non-hydrogen) atoms. The van der Waals surface area contributed by atoms with E-state index in [2.05, 4.69) is 88.0 Å². The number of nitrogens with zero attached hydrogens (tertiary/aromatic N) is 2. The van der Waals surface area contributed by atoms with Crippen molar-refractivity contribution in [2.24, 2.45) is 0 Å². The van der Waals surface area contributed by atoms with Crippen molar-refractivity contribution in [1.29, 1.82) is 0 Å². The van der Waals surface area contributed by atoms with Crippen molar-refractivity contribution in [1.82, 2.24) is 9.97 Å². The van der Waals surface area contributed by atoms with E-state index in [1.54, 1.807) is 24.8 Å². The molecule has 0 aliphatic heterocycles. The van der Waals surface area contributed by atoms with Gasteiger partial charge in [0.15, 0.2) is 25.0 Å². The fourth-order valence-electron chi connectivity index (χ4n) is 6.80. The monoisotopic (exact) mass is 822 g/mol. The van der Waals surface area contributed by atoms with Crippen LogP contribution in [0.3, 0.4) is 0 Å². The molecular weight excluding hydrogens is 747 g/mol. The van der Waals surface area contributed by atoms with Crippen LogP contribution in [0.25, 0.3) is 0 Å². The second-order valence-corrected chi connectivity index (χ2v) is 37.4. The van der Waals surface area contributed by atoms with Gasteiger partial charge < -0.3 is 12.9 Å². The van der Waals surface area contributed by atoms with Crippen molar-refractivity contribution in [2.75, 3.05) is 12.3 Å². The van der Waals surface area contributed by atoms with E-state index in [4.69, 9.17) is 12.9 Å². The molecule has 0 amide bonds. The van der Waals surface area contributed by atoms with Gasteiger partial charge in [0.05, 0.1) is 0 Å². The maximum Gasteiger partial charge on any atom is 0.233 e. The molecule has 2 aromatic heterocycles. The van der Waals surface area contributed by atoms with Gasteiger partial charge in [0, 0.05) is 37.1 Å². The van der Waals surface area contributed by atoms with E-state index in [-0.39, 0.29) is 12.3 Å². The predicted octanol–water partition coefficient (Wildman–Crippen LogP) is 14.1. The Hall–Kier alpha value is -0.969. The van der Waals surface area contributed by atoms with E-state index >= 15 is 9.13 Å². The fraction of sp³-hybridized carbons (Fsp3) is 0.707. The minimum absolute atomic E-state index is 0.241. The van der Waals surface area contributed by atoms with Crippen LogP contribution in [0.15, 0.2) is 61.2 Å². The number of hydrogen-bond donors (Lipinski definition) is 0. The predicted molar refractivity (Wildman–Crippen MR) is 236 cm³/mol. The van der Waals surface area contributed by atoms with Gasteiger partial charge in [-0.1, -0.05) is 70.4 Å². The third-order valence-corrected chi connectivity index (χ3v) is 23.3. The van der Waals surface area contributed by atoms with Gasteiger partial charge in [-0.05, 0) is 146 Å². The average Bonchev–Trinajstić information content (AvgIpc) is 3.06. The molecule has 2 rings (SSSR count). The number of pyridine rings is 2. The summed E-state index contributed by atoms with van der Waals surface area (Å²) < 4.78 is 53.8. The second kappa shape index (κ2) is 23.3. The fourth-order valence-corrected chi connectivity index (χ4v) is 25.6. The zero-order valence-corrected chi connectivity index (χ0v) is 40.1. The van der Waals surface area contributed by atoms with Crippen molar-refractivity contribution in [3.05, 3.63) is 72.3 Å². The highest BCUT2D eigenvalue weighted by Crippen LogP contribution is 2.80. The van der Waals surface area contributed by atoms with Crippen molar-refractivity contribution in [3.8, 4) is 0 Å². The van der Waals surface area contributed by atoms with Crippen LogP contribution in [0.5, 0.6) is 0 Å². The van der Waals surface area contributed by atoms with Crippen molar-refractivity contribution >= 4 is 39.7 Å². The van der Waals surface area contributed by atoms with Gasteiger partial charge in [0.1, 0.15) is 0 Å². The maximum atomic E-state index is 16.3. The zero-order chi connectivity index (χ0) is 39.5. The topological polar surface area (TPSA) is 87.6 Å². The Labute approximate surface area is 328 Å². The summed E-state index contributed by atoms with van der Waals surface area (Å²) in [6, 6.07) is 7.85. The minimum atomic E-state index is -3.79. The maximum absolute atomic E-state index is 16.3. The number of aryl methyl sites for hydroxylation is 2. The SMILES string of the molecule is CCCCCCCC/C=C\CCCCCCCC(O[Si](C)(C)C)(P(=O)(CCc1ccncc1)O[Si](C)(C)C)P(=O)(CCc1ccncc1)O[Si](C)(C)C. The summed E-state index contributed by atoms with van der Waals surface area (Å²) in [5.41, 5.74) is 2.06. The molecule has 2 unspecified atom stereocenters. The Bertz CT molecular complexity index is 1330. The number of rotatable bonds is 29. The molecule has 7 nitrogen and oxygen atoms in total. The lowest BCUT2D eigenvalue weighted by Gasteiger charge is -2.50. The average molecular weight is 823 g/mol. The van der Waals surface area contributed by atoms with Crippen molar-refractivity contribution in [3.63, 3.8) is 0 Å². The molecule has 0 aliphatic carbocycles. The standard InChI is InChI=1S/C41H76N2O5P2Si3/c1-11-12-13-14-15-16-17-18-19-20-21-22-23-24-25-32-41(46-51(2,3)4,49(44,47-52(5,6)7)37-30-39-26-33-42-34-27-39)50(45,48-53(8,9)10)38-31-40-28-35-43-36-29-40/h18-19,26-29,33-36H,11-17,20-25,30-32,37-38H2,1-10H3/b19-18-. The number of allylic oxidation sites excluding steroid dienone is 2. The molecule has 2 heterocycles. The first-order valence-corrected chi connectivity index (χ1v) is 34.4. The molecule has 2 aromatic rings. The van der Waals surface area contributed by atoms with Gasteiger partial charge in [-0.2, -0.15) is 0 Å². The highest BCUT2D eigenvalue weighted by atomic mass is 31.2. The largest absolute Gasteiger partial charge is 0.396 e. The Morgan fingerprint density at radius 2 is 0.943 bits per heavy atom. The van der Waals surface area contributed by atoms with Crippen LogP contribution in [0, 0.1) is 0 Å². The molecule has 0 N–H and O–H groups in total.